The van der Waals surface area contributed by atoms with Crippen molar-refractivity contribution in [3.05, 3.63) is 28.5 Å². The van der Waals surface area contributed by atoms with E-state index in [0.717, 1.165) is 6.07 Å². The SMILES string of the molecule is CC(C)OCCOC(=O)c1cc(S(=O)(=O)Cl)c(Cl)cc1F. The molecule has 0 N–H and O–H groups in total. The Balaban J connectivity index is 2.90. The number of esters is 1. The number of ether oxygens (including phenoxy) is 2. The standard InChI is InChI=1S/C12H13Cl2FO5S/c1-7(2)19-3-4-20-12(16)8-5-11(21(14,17)18)9(13)6-10(8)15/h5-7H,3-4H2,1-2H3. The summed E-state index contributed by atoms with van der Waals surface area (Å²) in [5, 5.41) is -0.415. The molecule has 0 amide bonds. The third kappa shape index (κ3) is 5.43. The van der Waals surface area contributed by atoms with Gasteiger partial charge in [-0.25, -0.2) is 17.6 Å². The smallest absolute Gasteiger partial charge is 0.341 e. The molecule has 0 spiro atoms. The molecule has 0 heterocycles. The maximum atomic E-state index is 13.7. The minimum Gasteiger partial charge on any atom is -0.460 e. The summed E-state index contributed by atoms with van der Waals surface area (Å²) >= 11 is 5.58. The normalized spacial score (nSPS) is 11.7. The maximum Gasteiger partial charge on any atom is 0.341 e. The van der Waals surface area contributed by atoms with Gasteiger partial charge in [0.25, 0.3) is 9.05 Å². The van der Waals surface area contributed by atoms with Gasteiger partial charge < -0.3 is 9.47 Å². The lowest BCUT2D eigenvalue weighted by atomic mass is 10.2. The molecule has 0 unspecified atom stereocenters. The summed E-state index contributed by atoms with van der Waals surface area (Å²) in [6, 6.07) is 1.43. The summed E-state index contributed by atoms with van der Waals surface area (Å²) < 4.78 is 46.1. The van der Waals surface area contributed by atoms with Crippen molar-refractivity contribution >= 4 is 37.3 Å². The molecule has 9 heteroatoms. The number of benzene rings is 1. The molecule has 0 aliphatic carbocycles. The molecule has 0 atom stereocenters. The second-order valence-electron chi connectivity index (χ2n) is 4.26. The van der Waals surface area contributed by atoms with Gasteiger partial charge >= 0.3 is 5.97 Å². The van der Waals surface area contributed by atoms with Crippen LogP contribution < -0.4 is 0 Å². The number of hydrogen-bond acceptors (Lipinski definition) is 5. The highest BCUT2D eigenvalue weighted by Gasteiger charge is 2.22. The van der Waals surface area contributed by atoms with Gasteiger partial charge in [0.2, 0.25) is 0 Å². The van der Waals surface area contributed by atoms with Crippen LogP contribution in [0.15, 0.2) is 17.0 Å². The van der Waals surface area contributed by atoms with Crippen LogP contribution in [-0.2, 0) is 18.5 Å². The first kappa shape index (κ1) is 18.2. The van der Waals surface area contributed by atoms with Gasteiger partial charge in [-0.15, -0.1) is 0 Å². The molecule has 0 bridgehead atoms. The summed E-state index contributed by atoms with van der Waals surface area (Å²) in [5.74, 6) is -2.03. The molecule has 0 aliphatic heterocycles. The molecule has 21 heavy (non-hydrogen) atoms. The van der Waals surface area contributed by atoms with E-state index < -0.39 is 36.3 Å². The number of carbonyl (C=O) groups is 1. The Morgan fingerprint density at radius 3 is 2.48 bits per heavy atom. The van der Waals surface area contributed by atoms with Crippen molar-refractivity contribution in [2.45, 2.75) is 24.8 Å². The minimum atomic E-state index is -4.20. The van der Waals surface area contributed by atoms with E-state index in [9.17, 15) is 17.6 Å². The van der Waals surface area contributed by atoms with E-state index in [2.05, 4.69) is 0 Å². The van der Waals surface area contributed by atoms with Crippen LogP contribution in [0.25, 0.3) is 0 Å². The third-order valence-corrected chi connectivity index (χ3v) is 4.06. The molecule has 0 radical (unpaired) electrons. The second kappa shape index (κ2) is 7.40. The molecule has 118 valence electrons. The van der Waals surface area contributed by atoms with Crippen LogP contribution in [-0.4, -0.2) is 33.7 Å². The van der Waals surface area contributed by atoms with Gasteiger partial charge in [-0.05, 0) is 26.0 Å². The van der Waals surface area contributed by atoms with Crippen molar-refractivity contribution in [2.24, 2.45) is 0 Å². The second-order valence-corrected chi connectivity index (χ2v) is 7.20. The fourth-order valence-corrected chi connectivity index (χ4v) is 2.88. The predicted molar refractivity (Wildman–Crippen MR) is 75.8 cm³/mol. The Hall–Kier alpha value is -0.890. The minimum absolute atomic E-state index is 0.0380. The summed E-state index contributed by atoms with van der Waals surface area (Å²) in [4.78, 5) is 11.1. The topological polar surface area (TPSA) is 69.7 Å². The maximum absolute atomic E-state index is 13.7. The number of rotatable bonds is 6. The Bertz CT molecular complexity index is 631. The van der Waals surface area contributed by atoms with Gasteiger partial charge in [0.05, 0.1) is 23.3 Å². The fraction of sp³-hybridized carbons (Fsp3) is 0.417. The van der Waals surface area contributed by atoms with Crippen molar-refractivity contribution in [1.82, 2.24) is 0 Å². The quantitative estimate of drug-likeness (QED) is 0.444. The van der Waals surface area contributed by atoms with Gasteiger partial charge in [-0.2, -0.15) is 0 Å². The van der Waals surface area contributed by atoms with E-state index in [0.29, 0.717) is 6.07 Å². The summed E-state index contributed by atoms with van der Waals surface area (Å²) in [7, 11) is 0.946. The molecular weight excluding hydrogens is 346 g/mol. The Labute approximate surface area is 131 Å². The monoisotopic (exact) mass is 358 g/mol. The molecule has 5 nitrogen and oxygen atoms in total. The molecule has 1 aromatic rings. The number of carbonyl (C=O) groups excluding carboxylic acids is 1. The fourth-order valence-electron chi connectivity index (χ4n) is 1.37. The van der Waals surface area contributed by atoms with E-state index in [4.69, 9.17) is 31.8 Å². The van der Waals surface area contributed by atoms with Gasteiger partial charge in [-0.3, -0.25) is 0 Å². The number of hydrogen-bond donors (Lipinski definition) is 0. The van der Waals surface area contributed by atoms with Crippen molar-refractivity contribution in [3.8, 4) is 0 Å². The summed E-state index contributed by atoms with van der Waals surface area (Å²) in [6.45, 7) is 3.65. The lowest BCUT2D eigenvalue weighted by Crippen LogP contribution is -2.15. The molecule has 1 rings (SSSR count). The molecule has 1 aromatic carbocycles. The highest BCUT2D eigenvalue weighted by molar-refractivity contribution is 8.13. The van der Waals surface area contributed by atoms with Crippen molar-refractivity contribution in [2.75, 3.05) is 13.2 Å². The van der Waals surface area contributed by atoms with Crippen LogP contribution in [0.4, 0.5) is 4.39 Å². The first-order valence-corrected chi connectivity index (χ1v) is 8.54. The first-order valence-electron chi connectivity index (χ1n) is 5.85. The molecular formula is C12H13Cl2FO5S. The van der Waals surface area contributed by atoms with Crippen molar-refractivity contribution < 1.29 is 27.1 Å². The first-order chi connectivity index (χ1) is 9.62. The predicted octanol–water partition coefficient (Wildman–Crippen LogP) is 2.99. The van der Waals surface area contributed by atoms with Crippen LogP contribution >= 0.6 is 22.3 Å². The molecule has 0 aliphatic rings. The van der Waals surface area contributed by atoms with E-state index in [1.54, 1.807) is 13.8 Å². The van der Waals surface area contributed by atoms with Gasteiger partial charge in [0.1, 0.15) is 17.3 Å². The van der Waals surface area contributed by atoms with E-state index in [1.807, 2.05) is 0 Å². The zero-order chi connectivity index (χ0) is 16.2. The van der Waals surface area contributed by atoms with E-state index in [-0.39, 0.29) is 19.3 Å². The van der Waals surface area contributed by atoms with Gasteiger partial charge in [0, 0.05) is 10.7 Å². The third-order valence-electron chi connectivity index (χ3n) is 2.27. The highest BCUT2D eigenvalue weighted by atomic mass is 35.7. The van der Waals surface area contributed by atoms with Crippen LogP contribution in [0.1, 0.15) is 24.2 Å². The Morgan fingerprint density at radius 1 is 1.33 bits per heavy atom. The summed E-state index contributed by atoms with van der Waals surface area (Å²) in [6.07, 6.45) is -0.0380. The lowest BCUT2D eigenvalue weighted by Gasteiger charge is -2.09. The zero-order valence-corrected chi connectivity index (χ0v) is 13.6. The van der Waals surface area contributed by atoms with Crippen LogP contribution in [0.3, 0.4) is 0 Å². The van der Waals surface area contributed by atoms with Crippen LogP contribution in [0, 0.1) is 5.82 Å². The lowest BCUT2D eigenvalue weighted by molar-refractivity contribution is 0.0173. The highest BCUT2D eigenvalue weighted by Crippen LogP contribution is 2.28. The van der Waals surface area contributed by atoms with E-state index >= 15 is 0 Å². The van der Waals surface area contributed by atoms with Crippen LogP contribution in [0.5, 0.6) is 0 Å². The largest absolute Gasteiger partial charge is 0.460 e. The molecule has 0 aromatic heterocycles. The summed E-state index contributed by atoms with van der Waals surface area (Å²) in [5.41, 5.74) is -0.567. The van der Waals surface area contributed by atoms with Gasteiger partial charge in [-0.1, -0.05) is 11.6 Å². The Morgan fingerprint density at radius 2 is 1.95 bits per heavy atom. The average molecular weight is 359 g/mol. The average Bonchev–Trinajstić information content (AvgIpc) is 2.32. The van der Waals surface area contributed by atoms with Crippen LogP contribution in [0.2, 0.25) is 5.02 Å². The molecule has 0 saturated carbocycles. The van der Waals surface area contributed by atoms with Crippen molar-refractivity contribution in [1.29, 1.82) is 0 Å². The molecule has 0 saturated heterocycles. The molecule has 0 fully saturated rings. The zero-order valence-electron chi connectivity index (χ0n) is 11.2. The van der Waals surface area contributed by atoms with E-state index in [1.165, 1.54) is 0 Å². The Kier molecular flexibility index (Phi) is 6.40. The van der Waals surface area contributed by atoms with Crippen molar-refractivity contribution in [3.63, 3.8) is 0 Å². The van der Waals surface area contributed by atoms with Gasteiger partial charge in [0.15, 0.2) is 0 Å². The number of halogens is 3.